The summed E-state index contributed by atoms with van der Waals surface area (Å²) in [5, 5.41) is 8.71. The molecule has 0 unspecified atom stereocenters. The van der Waals surface area contributed by atoms with Crippen LogP contribution in [0.15, 0.2) is 6.20 Å². The number of aromatic nitrogens is 1. The number of pyridine rings is 1. The quantitative estimate of drug-likeness (QED) is 0.825. The Morgan fingerprint density at radius 3 is 2.33 bits per heavy atom. The molecule has 1 heterocycles. The summed E-state index contributed by atoms with van der Waals surface area (Å²) >= 11 is 0. The van der Waals surface area contributed by atoms with Crippen molar-refractivity contribution in [3.8, 4) is 0 Å². The van der Waals surface area contributed by atoms with Crippen LogP contribution in [0, 0.1) is 0 Å². The molecule has 0 saturated carbocycles. The second kappa shape index (κ2) is 4.84. The fraction of sp³-hybridized carbons (Fsp3) is 0.333. The molecular weight excluding hydrogens is 263 g/mol. The molecular formula is C9H7F5N2O2. The van der Waals surface area contributed by atoms with E-state index in [4.69, 9.17) is 10.8 Å². The molecule has 1 rings (SSSR count). The van der Waals surface area contributed by atoms with Crippen LogP contribution in [0.3, 0.4) is 0 Å². The molecule has 100 valence electrons. The van der Waals surface area contributed by atoms with Gasteiger partial charge in [0.2, 0.25) is 0 Å². The van der Waals surface area contributed by atoms with E-state index < -0.39 is 47.5 Å². The van der Waals surface area contributed by atoms with Gasteiger partial charge in [0.25, 0.3) is 6.43 Å². The third-order valence-corrected chi connectivity index (χ3v) is 2.11. The van der Waals surface area contributed by atoms with Crippen molar-refractivity contribution < 1.29 is 31.9 Å². The SMILES string of the molecule is NCc1ncc(C(F)F)c(C(F)(F)F)c1C(=O)O. The number of carboxylic acids is 1. The molecule has 0 bridgehead atoms. The van der Waals surface area contributed by atoms with Crippen LogP contribution in [-0.2, 0) is 12.7 Å². The maximum atomic E-state index is 12.7. The van der Waals surface area contributed by atoms with Gasteiger partial charge in [-0.2, -0.15) is 13.2 Å². The standard InChI is InChI=1S/C9H7F5N2O2/c10-7(11)3-2-16-4(1-15)5(8(17)18)6(3)9(12,13)14/h2,7H,1,15H2,(H,17,18). The first-order chi connectivity index (χ1) is 8.20. The second-order valence-electron chi connectivity index (χ2n) is 3.22. The minimum atomic E-state index is -5.23. The van der Waals surface area contributed by atoms with Crippen molar-refractivity contribution in [1.29, 1.82) is 0 Å². The number of nitrogens with two attached hydrogens (primary N) is 1. The zero-order valence-corrected chi connectivity index (χ0v) is 8.63. The molecule has 0 atom stereocenters. The molecule has 0 spiro atoms. The fourth-order valence-corrected chi connectivity index (χ4v) is 1.42. The molecule has 1 aromatic heterocycles. The van der Waals surface area contributed by atoms with Crippen LogP contribution in [-0.4, -0.2) is 16.1 Å². The zero-order chi connectivity index (χ0) is 14.1. The number of halogens is 5. The Morgan fingerprint density at radius 2 is 2.00 bits per heavy atom. The third-order valence-electron chi connectivity index (χ3n) is 2.11. The number of aromatic carboxylic acids is 1. The lowest BCUT2D eigenvalue weighted by Crippen LogP contribution is -2.21. The van der Waals surface area contributed by atoms with E-state index in [1.807, 2.05) is 0 Å². The van der Waals surface area contributed by atoms with Gasteiger partial charge in [-0.15, -0.1) is 0 Å². The summed E-state index contributed by atoms with van der Waals surface area (Å²) in [6.07, 6.45) is -8.42. The van der Waals surface area contributed by atoms with Crippen molar-refractivity contribution in [3.05, 3.63) is 28.6 Å². The molecule has 9 heteroatoms. The van der Waals surface area contributed by atoms with Crippen molar-refractivity contribution >= 4 is 5.97 Å². The van der Waals surface area contributed by atoms with Crippen LogP contribution in [0.5, 0.6) is 0 Å². The van der Waals surface area contributed by atoms with Gasteiger partial charge in [0.15, 0.2) is 0 Å². The van der Waals surface area contributed by atoms with Gasteiger partial charge >= 0.3 is 12.1 Å². The zero-order valence-electron chi connectivity index (χ0n) is 8.63. The number of alkyl halides is 5. The van der Waals surface area contributed by atoms with Gasteiger partial charge in [0.05, 0.1) is 16.8 Å². The number of carbonyl (C=O) groups is 1. The van der Waals surface area contributed by atoms with Gasteiger partial charge in [-0.1, -0.05) is 0 Å². The van der Waals surface area contributed by atoms with E-state index in [1.54, 1.807) is 0 Å². The molecule has 0 aliphatic heterocycles. The highest BCUT2D eigenvalue weighted by Crippen LogP contribution is 2.39. The number of hydrogen-bond donors (Lipinski definition) is 2. The molecule has 0 fully saturated rings. The Hall–Kier alpha value is -1.77. The van der Waals surface area contributed by atoms with Crippen molar-refractivity contribution in [1.82, 2.24) is 4.98 Å². The fourth-order valence-electron chi connectivity index (χ4n) is 1.42. The largest absolute Gasteiger partial charge is 0.478 e. The van der Waals surface area contributed by atoms with Crippen molar-refractivity contribution in [2.45, 2.75) is 19.1 Å². The normalized spacial score (nSPS) is 11.9. The van der Waals surface area contributed by atoms with Crippen LogP contribution in [0.1, 0.15) is 33.6 Å². The van der Waals surface area contributed by atoms with Gasteiger partial charge in [0, 0.05) is 18.3 Å². The molecule has 4 nitrogen and oxygen atoms in total. The van der Waals surface area contributed by atoms with Gasteiger partial charge < -0.3 is 10.8 Å². The summed E-state index contributed by atoms with van der Waals surface area (Å²) < 4.78 is 63.0. The molecule has 18 heavy (non-hydrogen) atoms. The molecule has 0 amide bonds. The predicted octanol–water partition coefficient (Wildman–Crippen LogP) is 2.19. The maximum Gasteiger partial charge on any atom is 0.417 e. The smallest absolute Gasteiger partial charge is 0.417 e. The molecule has 0 aliphatic carbocycles. The van der Waals surface area contributed by atoms with Gasteiger partial charge in [0.1, 0.15) is 0 Å². The van der Waals surface area contributed by atoms with Crippen LogP contribution < -0.4 is 5.73 Å². The van der Waals surface area contributed by atoms with Crippen molar-refractivity contribution in [3.63, 3.8) is 0 Å². The lowest BCUT2D eigenvalue weighted by atomic mass is 10.0. The van der Waals surface area contributed by atoms with E-state index in [-0.39, 0.29) is 0 Å². The summed E-state index contributed by atoms with van der Waals surface area (Å²) in [6, 6.07) is 0. The van der Waals surface area contributed by atoms with Crippen LogP contribution >= 0.6 is 0 Å². The summed E-state index contributed by atoms with van der Waals surface area (Å²) in [7, 11) is 0. The highest BCUT2D eigenvalue weighted by Gasteiger charge is 2.41. The van der Waals surface area contributed by atoms with Gasteiger partial charge in [-0.3, -0.25) is 4.98 Å². The second-order valence-corrected chi connectivity index (χ2v) is 3.22. The highest BCUT2D eigenvalue weighted by atomic mass is 19.4. The maximum absolute atomic E-state index is 12.7. The Balaban J connectivity index is 3.71. The number of rotatable bonds is 3. The molecule has 0 saturated heterocycles. The summed E-state index contributed by atoms with van der Waals surface area (Å²) in [4.78, 5) is 14.0. The third kappa shape index (κ3) is 2.55. The minimum Gasteiger partial charge on any atom is -0.478 e. The highest BCUT2D eigenvalue weighted by molar-refractivity contribution is 5.91. The van der Waals surface area contributed by atoms with E-state index >= 15 is 0 Å². The van der Waals surface area contributed by atoms with Crippen LogP contribution in [0.25, 0.3) is 0 Å². The summed E-state index contributed by atoms with van der Waals surface area (Å²) in [5.74, 6) is -2.00. The molecule has 0 aromatic carbocycles. The van der Waals surface area contributed by atoms with E-state index in [2.05, 4.69) is 4.98 Å². The number of hydrogen-bond acceptors (Lipinski definition) is 3. The van der Waals surface area contributed by atoms with E-state index in [9.17, 15) is 26.7 Å². The average Bonchev–Trinajstić information content (AvgIpc) is 2.25. The van der Waals surface area contributed by atoms with Crippen molar-refractivity contribution in [2.24, 2.45) is 5.73 Å². The summed E-state index contributed by atoms with van der Waals surface area (Å²) in [6.45, 7) is -0.603. The lowest BCUT2D eigenvalue weighted by Gasteiger charge is -2.16. The van der Waals surface area contributed by atoms with Gasteiger partial charge in [-0.05, 0) is 0 Å². The Labute approximate surface area is 97.2 Å². The Bertz CT molecular complexity index is 473. The average molecular weight is 270 g/mol. The van der Waals surface area contributed by atoms with Gasteiger partial charge in [-0.25, -0.2) is 13.6 Å². The first-order valence-electron chi connectivity index (χ1n) is 4.50. The predicted molar refractivity (Wildman–Crippen MR) is 49.0 cm³/mol. The van der Waals surface area contributed by atoms with E-state index in [0.717, 1.165) is 0 Å². The molecule has 3 N–H and O–H groups in total. The molecule has 0 radical (unpaired) electrons. The first-order valence-corrected chi connectivity index (χ1v) is 4.50. The molecule has 0 aliphatic rings. The number of nitrogens with zero attached hydrogens (tertiary/aromatic N) is 1. The van der Waals surface area contributed by atoms with E-state index in [1.165, 1.54) is 0 Å². The number of carboxylic acid groups (broad SMARTS) is 1. The molecule has 1 aromatic rings. The van der Waals surface area contributed by atoms with Crippen LogP contribution in [0.2, 0.25) is 0 Å². The first kappa shape index (κ1) is 14.3. The lowest BCUT2D eigenvalue weighted by molar-refractivity contribution is -0.140. The van der Waals surface area contributed by atoms with E-state index in [0.29, 0.717) is 6.20 Å². The van der Waals surface area contributed by atoms with Crippen LogP contribution in [0.4, 0.5) is 22.0 Å². The minimum absolute atomic E-state index is 0.294. The Kier molecular flexibility index (Phi) is 3.85. The topological polar surface area (TPSA) is 76.2 Å². The monoisotopic (exact) mass is 270 g/mol. The van der Waals surface area contributed by atoms with Crippen molar-refractivity contribution in [2.75, 3.05) is 0 Å². The Morgan fingerprint density at radius 1 is 1.44 bits per heavy atom. The summed E-state index contributed by atoms with van der Waals surface area (Å²) in [5.41, 5.74) is -0.260.